The van der Waals surface area contributed by atoms with E-state index in [0.29, 0.717) is 34.4 Å². The van der Waals surface area contributed by atoms with E-state index in [0.717, 1.165) is 17.7 Å². The van der Waals surface area contributed by atoms with Crippen LogP contribution in [0.2, 0.25) is 0 Å². The first-order valence-electron chi connectivity index (χ1n) is 13.5. The highest BCUT2D eigenvalue weighted by Gasteiger charge is 2.24. The molecular weight excluding hydrogens is 585 g/mol. The number of hydrogen-bond donors (Lipinski definition) is 2. The quantitative estimate of drug-likeness (QED) is 0.230. The summed E-state index contributed by atoms with van der Waals surface area (Å²) in [4.78, 5) is 40.5. The second-order valence-corrected chi connectivity index (χ2v) is 9.46. The number of carbonyl (C=O) groups is 3. The van der Waals surface area contributed by atoms with Crippen LogP contribution in [0, 0.1) is 5.82 Å². The molecule has 0 aliphatic carbocycles. The van der Waals surface area contributed by atoms with Crippen LogP contribution in [-0.4, -0.2) is 53.3 Å². The zero-order valence-corrected chi connectivity index (χ0v) is 25.3. The highest BCUT2D eigenvalue weighted by Crippen LogP contribution is 2.42. The molecule has 0 aromatic heterocycles. The predicted molar refractivity (Wildman–Crippen MR) is 164 cm³/mol. The van der Waals surface area contributed by atoms with Crippen molar-refractivity contribution in [2.75, 3.05) is 40.4 Å². The Kier molecular flexibility index (Phi) is 10.4. The molecule has 2 N–H and O–H groups in total. The maximum absolute atomic E-state index is 14.0. The van der Waals surface area contributed by atoms with Crippen LogP contribution in [-0.2, 0) is 6.54 Å². The zero-order chi connectivity index (χ0) is 32.5. The normalized spacial score (nSPS) is 10.4. The van der Waals surface area contributed by atoms with E-state index in [1.807, 2.05) is 6.07 Å². The molecule has 0 heterocycles. The van der Waals surface area contributed by atoms with Crippen molar-refractivity contribution in [1.82, 2.24) is 10.9 Å². The van der Waals surface area contributed by atoms with Crippen molar-refractivity contribution in [3.63, 3.8) is 0 Å². The number of nitrogens with one attached hydrogen (secondary N) is 2. The molecule has 3 amide bonds. The van der Waals surface area contributed by atoms with E-state index in [4.69, 9.17) is 23.7 Å². The second-order valence-electron chi connectivity index (χ2n) is 9.46. The van der Waals surface area contributed by atoms with Crippen molar-refractivity contribution in [3.05, 3.63) is 107 Å². The van der Waals surface area contributed by atoms with Gasteiger partial charge in [-0.3, -0.25) is 25.2 Å². The number of ether oxygens (including phenoxy) is 5. The lowest BCUT2D eigenvalue weighted by molar-refractivity contribution is 0.0846. The fraction of sp³-hybridized carbons (Fsp3) is 0.182. The van der Waals surface area contributed by atoms with Gasteiger partial charge in [-0.05, 0) is 66.2 Å². The molecule has 0 radical (unpaired) electrons. The van der Waals surface area contributed by atoms with Crippen LogP contribution in [0.25, 0.3) is 0 Å². The van der Waals surface area contributed by atoms with Gasteiger partial charge in [0.15, 0.2) is 23.0 Å². The molecule has 0 saturated carbocycles. The molecule has 4 rings (SSSR count). The molecule has 0 spiro atoms. The molecule has 0 atom stereocenters. The number of hydrazine groups is 1. The first-order chi connectivity index (χ1) is 21.7. The minimum Gasteiger partial charge on any atom is -0.493 e. The summed E-state index contributed by atoms with van der Waals surface area (Å²) < 4.78 is 40.4. The third kappa shape index (κ3) is 7.42. The lowest BCUT2D eigenvalue weighted by Gasteiger charge is -2.25. The Hall–Kier alpha value is -5.78. The molecule has 0 fully saturated rings. The highest BCUT2D eigenvalue weighted by molar-refractivity contribution is 6.07. The van der Waals surface area contributed by atoms with Gasteiger partial charge in [0.05, 0.1) is 47.8 Å². The number of benzene rings is 4. The molecule has 0 aliphatic heterocycles. The fourth-order valence-corrected chi connectivity index (χ4v) is 4.44. The maximum Gasteiger partial charge on any atom is 0.269 e. The van der Waals surface area contributed by atoms with Gasteiger partial charge in [0.1, 0.15) is 5.82 Å². The summed E-state index contributed by atoms with van der Waals surface area (Å²) in [5, 5.41) is 0. The number of rotatable bonds is 11. The second kappa shape index (κ2) is 14.6. The minimum atomic E-state index is -0.619. The Morgan fingerprint density at radius 3 is 1.58 bits per heavy atom. The summed E-state index contributed by atoms with van der Waals surface area (Å²) in [6, 6.07) is 19.4. The van der Waals surface area contributed by atoms with E-state index in [2.05, 4.69) is 10.9 Å². The molecule has 4 aromatic carbocycles. The van der Waals surface area contributed by atoms with Gasteiger partial charge < -0.3 is 28.6 Å². The standard InChI is InChI=1S/C33H32FN3O8/c1-41-26-15-6-20(16-27(26)42-2)19-37(25-17-28(43-3)30(45-5)29(18-25)44-4)33(40)23-9-7-21(8-10-23)31(38)35-36-32(39)22-11-13-24(34)14-12-22/h6-18H,19H2,1-5H3,(H,35,38)(H,36,39). The zero-order valence-electron chi connectivity index (χ0n) is 25.3. The SMILES string of the molecule is COc1ccc(CN(C(=O)c2ccc(C(=O)NNC(=O)c3ccc(F)cc3)cc2)c2cc(OC)c(OC)c(OC)c2)cc1OC. The van der Waals surface area contributed by atoms with Crippen LogP contribution in [0.5, 0.6) is 28.7 Å². The molecule has 4 aromatic rings. The Morgan fingerprint density at radius 2 is 1.09 bits per heavy atom. The van der Waals surface area contributed by atoms with Crippen LogP contribution in [0.15, 0.2) is 78.9 Å². The van der Waals surface area contributed by atoms with Crippen molar-refractivity contribution < 1.29 is 42.5 Å². The van der Waals surface area contributed by atoms with Crippen LogP contribution in [0.4, 0.5) is 10.1 Å². The van der Waals surface area contributed by atoms with Gasteiger partial charge in [-0.25, -0.2) is 4.39 Å². The van der Waals surface area contributed by atoms with E-state index in [1.165, 1.54) is 76.8 Å². The largest absolute Gasteiger partial charge is 0.493 e. The van der Waals surface area contributed by atoms with Crippen molar-refractivity contribution in [3.8, 4) is 28.7 Å². The van der Waals surface area contributed by atoms with Crippen molar-refractivity contribution in [1.29, 1.82) is 0 Å². The molecule has 0 saturated heterocycles. The van der Waals surface area contributed by atoms with Crippen LogP contribution in [0.3, 0.4) is 0 Å². The third-order valence-electron chi connectivity index (χ3n) is 6.78. The summed E-state index contributed by atoms with van der Waals surface area (Å²) in [5.41, 5.74) is 6.41. The van der Waals surface area contributed by atoms with Crippen LogP contribution >= 0.6 is 0 Å². The Balaban J connectivity index is 1.61. The van der Waals surface area contributed by atoms with Gasteiger partial charge >= 0.3 is 0 Å². The monoisotopic (exact) mass is 617 g/mol. The molecule has 234 valence electrons. The van der Waals surface area contributed by atoms with Gasteiger partial charge in [0.25, 0.3) is 17.7 Å². The van der Waals surface area contributed by atoms with E-state index >= 15 is 0 Å². The van der Waals surface area contributed by atoms with Gasteiger partial charge in [0.2, 0.25) is 5.75 Å². The van der Waals surface area contributed by atoms with Crippen LogP contribution < -0.4 is 39.4 Å². The minimum absolute atomic E-state index is 0.121. The number of nitrogens with zero attached hydrogens (tertiary/aromatic N) is 1. The Labute approximate surface area is 259 Å². The average Bonchev–Trinajstić information content (AvgIpc) is 3.08. The lowest BCUT2D eigenvalue weighted by atomic mass is 10.1. The molecular formula is C33H32FN3O8. The molecule has 0 unspecified atom stereocenters. The fourth-order valence-electron chi connectivity index (χ4n) is 4.44. The number of amides is 3. The Morgan fingerprint density at radius 1 is 0.600 bits per heavy atom. The molecule has 0 bridgehead atoms. The molecule has 0 aliphatic rings. The first-order valence-corrected chi connectivity index (χ1v) is 13.5. The van der Waals surface area contributed by atoms with Crippen LogP contribution in [0.1, 0.15) is 36.6 Å². The number of halogens is 1. The Bertz CT molecular complexity index is 1650. The smallest absolute Gasteiger partial charge is 0.269 e. The predicted octanol–water partition coefficient (Wildman–Crippen LogP) is 4.79. The summed E-state index contributed by atoms with van der Waals surface area (Å²) in [6.07, 6.45) is 0. The van der Waals surface area contributed by atoms with Crippen molar-refractivity contribution in [2.45, 2.75) is 6.54 Å². The average molecular weight is 618 g/mol. The number of hydrogen-bond acceptors (Lipinski definition) is 8. The van der Waals surface area contributed by atoms with E-state index in [-0.39, 0.29) is 23.2 Å². The van der Waals surface area contributed by atoms with Crippen molar-refractivity contribution >= 4 is 23.4 Å². The first kappa shape index (κ1) is 32.1. The van der Waals surface area contributed by atoms with Gasteiger partial charge in [-0.15, -0.1) is 0 Å². The lowest BCUT2D eigenvalue weighted by Crippen LogP contribution is -2.41. The van der Waals surface area contributed by atoms with E-state index in [1.54, 1.807) is 24.3 Å². The summed E-state index contributed by atoms with van der Waals surface area (Å²) in [7, 11) is 7.50. The maximum atomic E-state index is 14.0. The van der Waals surface area contributed by atoms with Crippen molar-refractivity contribution in [2.24, 2.45) is 0 Å². The highest BCUT2D eigenvalue weighted by atomic mass is 19.1. The summed E-state index contributed by atoms with van der Waals surface area (Å²) in [6.45, 7) is 0.121. The topological polar surface area (TPSA) is 125 Å². The van der Waals surface area contributed by atoms with Gasteiger partial charge in [0, 0.05) is 28.8 Å². The third-order valence-corrected chi connectivity index (χ3v) is 6.78. The van der Waals surface area contributed by atoms with E-state index in [9.17, 15) is 18.8 Å². The number of carbonyl (C=O) groups excluding carboxylic acids is 3. The molecule has 11 nitrogen and oxygen atoms in total. The number of methoxy groups -OCH3 is 5. The summed E-state index contributed by atoms with van der Waals surface area (Å²) in [5.74, 6) is -0.0118. The molecule has 12 heteroatoms. The van der Waals surface area contributed by atoms with Gasteiger partial charge in [-0.2, -0.15) is 0 Å². The summed E-state index contributed by atoms with van der Waals surface area (Å²) >= 11 is 0. The van der Waals surface area contributed by atoms with Gasteiger partial charge in [-0.1, -0.05) is 6.07 Å². The molecule has 45 heavy (non-hydrogen) atoms. The number of anilines is 1. The van der Waals surface area contributed by atoms with E-state index < -0.39 is 23.5 Å².